The molecule has 7 nitrogen and oxygen atoms in total. The summed E-state index contributed by atoms with van der Waals surface area (Å²) in [6.07, 6.45) is 6.06. The Hall–Kier alpha value is -3.66. The van der Waals surface area contributed by atoms with E-state index in [1.54, 1.807) is 26.1 Å². The van der Waals surface area contributed by atoms with Crippen molar-refractivity contribution < 1.29 is 14.3 Å². The van der Waals surface area contributed by atoms with Crippen LogP contribution in [0.2, 0.25) is 0 Å². The lowest BCUT2D eigenvalue weighted by Gasteiger charge is -2.13. The van der Waals surface area contributed by atoms with Gasteiger partial charge in [0, 0.05) is 32.7 Å². The zero-order valence-electron chi connectivity index (χ0n) is 19.3. The number of carbonyl (C=O) groups is 1. The van der Waals surface area contributed by atoms with Crippen LogP contribution in [0, 0.1) is 12.3 Å². The molecule has 0 bridgehead atoms. The third-order valence-electron chi connectivity index (χ3n) is 4.59. The second-order valence-electron chi connectivity index (χ2n) is 7.25. The average molecular weight is 437 g/mol. The Labute approximate surface area is 190 Å². The summed E-state index contributed by atoms with van der Waals surface area (Å²) in [7, 11) is 5.10. The number of rotatable bonds is 10. The van der Waals surface area contributed by atoms with E-state index in [9.17, 15) is 4.79 Å². The van der Waals surface area contributed by atoms with Gasteiger partial charge in [0.05, 0.1) is 13.7 Å². The van der Waals surface area contributed by atoms with E-state index in [4.69, 9.17) is 15.9 Å². The molecule has 7 heteroatoms. The van der Waals surface area contributed by atoms with E-state index in [0.717, 1.165) is 30.1 Å². The molecular weight excluding hydrogens is 404 g/mol. The van der Waals surface area contributed by atoms with Gasteiger partial charge in [-0.15, -0.1) is 6.42 Å². The summed E-state index contributed by atoms with van der Waals surface area (Å²) < 4.78 is 10.9. The highest BCUT2D eigenvalue weighted by Gasteiger charge is 2.09. The number of amides is 1. The minimum atomic E-state index is -0.000190. The molecule has 2 aromatic carbocycles. The number of terminal acetylenes is 1. The normalized spacial score (nSPS) is 10.8. The molecule has 0 aromatic heterocycles. The van der Waals surface area contributed by atoms with E-state index >= 15 is 0 Å². The lowest BCUT2D eigenvalue weighted by atomic mass is 10.1. The van der Waals surface area contributed by atoms with Crippen molar-refractivity contribution in [1.82, 2.24) is 15.5 Å². The summed E-state index contributed by atoms with van der Waals surface area (Å²) in [6, 6.07) is 13.4. The SMILES string of the molecule is C#CCOc1cc(CN=C(NCC)NCCc2cccc(C(=O)N(C)C)c2)ccc1OC. The van der Waals surface area contributed by atoms with Gasteiger partial charge in [0.2, 0.25) is 0 Å². The van der Waals surface area contributed by atoms with Crippen LogP contribution in [0.25, 0.3) is 0 Å². The molecule has 0 saturated heterocycles. The van der Waals surface area contributed by atoms with Gasteiger partial charge in [-0.3, -0.25) is 4.79 Å². The van der Waals surface area contributed by atoms with E-state index in [1.807, 2.05) is 49.4 Å². The van der Waals surface area contributed by atoms with E-state index in [2.05, 4.69) is 21.5 Å². The molecule has 2 aromatic rings. The zero-order valence-corrected chi connectivity index (χ0v) is 19.3. The van der Waals surface area contributed by atoms with Gasteiger partial charge in [-0.25, -0.2) is 4.99 Å². The fraction of sp³-hybridized carbons (Fsp3) is 0.360. The molecule has 32 heavy (non-hydrogen) atoms. The molecule has 0 unspecified atom stereocenters. The van der Waals surface area contributed by atoms with Gasteiger partial charge in [-0.05, 0) is 48.7 Å². The first-order valence-electron chi connectivity index (χ1n) is 10.5. The van der Waals surface area contributed by atoms with Gasteiger partial charge in [0.1, 0.15) is 6.61 Å². The zero-order chi connectivity index (χ0) is 23.3. The summed E-state index contributed by atoms with van der Waals surface area (Å²) in [5.74, 6) is 4.41. The number of hydrogen-bond acceptors (Lipinski definition) is 4. The highest BCUT2D eigenvalue weighted by Crippen LogP contribution is 2.28. The number of guanidine groups is 1. The van der Waals surface area contributed by atoms with Crippen molar-refractivity contribution >= 4 is 11.9 Å². The van der Waals surface area contributed by atoms with Crippen LogP contribution in [0.5, 0.6) is 11.5 Å². The summed E-state index contributed by atoms with van der Waals surface area (Å²) in [5.41, 5.74) is 2.76. The van der Waals surface area contributed by atoms with Crippen molar-refractivity contribution in [3.63, 3.8) is 0 Å². The molecule has 0 heterocycles. The Morgan fingerprint density at radius 3 is 2.62 bits per heavy atom. The summed E-state index contributed by atoms with van der Waals surface area (Å²) in [6.45, 7) is 4.10. The number of hydrogen-bond donors (Lipinski definition) is 2. The Balaban J connectivity index is 2.00. The van der Waals surface area contributed by atoms with Crippen molar-refractivity contribution in [1.29, 1.82) is 0 Å². The molecule has 0 spiro atoms. The molecule has 0 aliphatic rings. The second kappa shape index (κ2) is 12.9. The summed E-state index contributed by atoms with van der Waals surface area (Å²) >= 11 is 0. The van der Waals surface area contributed by atoms with Gasteiger partial charge < -0.3 is 25.0 Å². The van der Waals surface area contributed by atoms with Crippen LogP contribution in [0.1, 0.15) is 28.4 Å². The van der Waals surface area contributed by atoms with Crippen molar-refractivity contribution in [2.24, 2.45) is 4.99 Å². The van der Waals surface area contributed by atoms with Gasteiger partial charge in [0.15, 0.2) is 17.5 Å². The third kappa shape index (κ3) is 7.55. The number of methoxy groups -OCH3 is 1. The van der Waals surface area contributed by atoms with Crippen molar-refractivity contribution in [2.75, 3.05) is 40.9 Å². The molecule has 170 valence electrons. The maximum atomic E-state index is 12.2. The van der Waals surface area contributed by atoms with E-state index in [0.29, 0.717) is 30.2 Å². The van der Waals surface area contributed by atoms with Gasteiger partial charge in [-0.1, -0.05) is 24.1 Å². The van der Waals surface area contributed by atoms with Crippen molar-refractivity contribution in [3.05, 3.63) is 59.2 Å². The first kappa shape index (κ1) is 24.6. The van der Waals surface area contributed by atoms with Crippen LogP contribution in [0.4, 0.5) is 0 Å². The Morgan fingerprint density at radius 2 is 1.94 bits per heavy atom. The maximum Gasteiger partial charge on any atom is 0.253 e. The van der Waals surface area contributed by atoms with E-state index in [-0.39, 0.29) is 12.5 Å². The van der Waals surface area contributed by atoms with Crippen LogP contribution in [0.3, 0.4) is 0 Å². The molecule has 0 atom stereocenters. The molecule has 0 aliphatic heterocycles. The second-order valence-corrected chi connectivity index (χ2v) is 7.25. The Kier molecular flexibility index (Phi) is 9.92. The number of nitrogens with zero attached hydrogens (tertiary/aromatic N) is 2. The van der Waals surface area contributed by atoms with Crippen molar-refractivity contribution in [3.8, 4) is 23.8 Å². The fourth-order valence-electron chi connectivity index (χ4n) is 3.01. The minimum Gasteiger partial charge on any atom is -0.493 e. The quantitative estimate of drug-likeness (QED) is 0.340. The predicted octanol–water partition coefficient (Wildman–Crippen LogP) is 2.71. The summed E-state index contributed by atoms with van der Waals surface area (Å²) in [5, 5.41) is 6.59. The maximum absolute atomic E-state index is 12.2. The Bertz CT molecular complexity index is 964. The lowest BCUT2D eigenvalue weighted by molar-refractivity contribution is 0.0827. The lowest BCUT2D eigenvalue weighted by Crippen LogP contribution is -2.38. The van der Waals surface area contributed by atoms with Crippen LogP contribution in [0.15, 0.2) is 47.5 Å². The third-order valence-corrected chi connectivity index (χ3v) is 4.59. The van der Waals surface area contributed by atoms with E-state index < -0.39 is 0 Å². The predicted molar refractivity (Wildman–Crippen MR) is 128 cm³/mol. The van der Waals surface area contributed by atoms with Crippen LogP contribution >= 0.6 is 0 Å². The highest BCUT2D eigenvalue weighted by molar-refractivity contribution is 5.94. The van der Waals surface area contributed by atoms with Crippen molar-refractivity contribution in [2.45, 2.75) is 19.9 Å². The first-order valence-corrected chi connectivity index (χ1v) is 10.5. The molecule has 1 amide bonds. The largest absolute Gasteiger partial charge is 0.493 e. The average Bonchev–Trinajstić information content (AvgIpc) is 2.80. The van der Waals surface area contributed by atoms with Gasteiger partial charge in [0.25, 0.3) is 5.91 Å². The standard InChI is InChI=1S/C25H32N4O3/c1-6-15-32-23-17-20(11-12-22(23)31-5)18-28-25(26-7-2)27-14-13-19-9-8-10-21(16-19)24(30)29(3)4/h1,8-12,16-17H,7,13-15,18H2,2-5H3,(H2,26,27,28). The minimum absolute atomic E-state index is 0.000190. The molecule has 2 N–H and O–H groups in total. The molecule has 2 rings (SSSR count). The number of carbonyl (C=O) groups excluding carboxylic acids is 1. The Morgan fingerprint density at radius 1 is 1.12 bits per heavy atom. The highest BCUT2D eigenvalue weighted by atomic mass is 16.5. The molecular formula is C25H32N4O3. The molecule has 0 aliphatic carbocycles. The topological polar surface area (TPSA) is 75.2 Å². The number of benzene rings is 2. The number of nitrogens with one attached hydrogen (secondary N) is 2. The van der Waals surface area contributed by atoms with Gasteiger partial charge >= 0.3 is 0 Å². The smallest absolute Gasteiger partial charge is 0.253 e. The molecule has 0 radical (unpaired) electrons. The molecule has 0 saturated carbocycles. The van der Waals surface area contributed by atoms with Crippen LogP contribution in [-0.2, 0) is 13.0 Å². The first-order chi connectivity index (χ1) is 15.5. The van der Waals surface area contributed by atoms with E-state index in [1.165, 1.54) is 0 Å². The monoisotopic (exact) mass is 436 g/mol. The fourth-order valence-corrected chi connectivity index (χ4v) is 3.01. The summed E-state index contributed by atoms with van der Waals surface area (Å²) in [4.78, 5) is 18.4. The number of aliphatic imine (C=N–C) groups is 1. The molecule has 0 fully saturated rings. The van der Waals surface area contributed by atoms with Gasteiger partial charge in [-0.2, -0.15) is 0 Å². The number of ether oxygens (including phenoxy) is 2. The van der Waals surface area contributed by atoms with Crippen LogP contribution < -0.4 is 20.1 Å². The van der Waals surface area contributed by atoms with Crippen LogP contribution in [-0.4, -0.2) is 57.7 Å².